The second kappa shape index (κ2) is 7.94. The van der Waals surface area contributed by atoms with Gasteiger partial charge in [0.05, 0.1) is 12.6 Å². The first kappa shape index (κ1) is 15.8. The molecule has 6 heteroatoms. The number of hydrogen-bond donors (Lipinski definition) is 2. The zero-order chi connectivity index (χ0) is 15.2. The van der Waals surface area contributed by atoms with E-state index in [-0.39, 0.29) is 6.03 Å². The zero-order valence-electron chi connectivity index (χ0n) is 12.9. The highest BCUT2D eigenvalue weighted by molar-refractivity contribution is 7.10. The van der Waals surface area contributed by atoms with Crippen molar-refractivity contribution >= 4 is 17.4 Å². The van der Waals surface area contributed by atoms with Gasteiger partial charge in [-0.2, -0.15) is 0 Å². The maximum Gasteiger partial charge on any atom is 0.314 e. The summed E-state index contributed by atoms with van der Waals surface area (Å²) in [5, 5.41) is 8.13. The lowest BCUT2D eigenvalue weighted by Crippen LogP contribution is -2.42. The average Bonchev–Trinajstić information content (AvgIpc) is 3.27. The van der Waals surface area contributed by atoms with Gasteiger partial charge >= 0.3 is 6.03 Å². The molecule has 2 fully saturated rings. The van der Waals surface area contributed by atoms with E-state index in [1.54, 1.807) is 11.3 Å². The predicted molar refractivity (Wildman–Crippen MR) is 88.2 cm³/mol. The average molecular weight is 323 g/mol. The van der Waals surface area contributed by atoms with E-state index in [4.69, 9.17) is 4.74 Å². The summed E-state index contributed by atoms with van der Waals surface area (Å²) in [6.07, 6.45) is 3.57. The van der Waals surface area contributed by atoms with Crippen molar-refractivity contribution in [3.8, 4) is 0 Å². The Balaban J connectivity index is 1.47. The Hall–Kier alpha value is -1.11. The Kier molecular flexibility index (Phi) is 5.70. The third-order valence-corrected chi connectivity index (χ3v) is 5.46. The summed E-state index contributed by atoms with van der Waals surface area (Å²) >= 11 is 1.77. The van der Waals surface area contributed by atoms with Crippen molar-refractivity contribution < 1.29 is 9.53 Å². The lowest BCUT2D eigenvalue weighted by Gasteiger charge is -2.27. The zero-order valence-corrected chi connectivity index (χ0v) is 13.7. The SMILES string of the molecule is O=C(NCC1CCOC1)NCC(c1cccs1)N1CCCC1. The summed E-state index contributed by atoms with van der Waals surface area (Å²) in [5.41, 5.74) is 0. The van der Waals surface area contributed by atoms with Gasteiger partial charge in [-0.25, -0.2) is 4.79 Å². The van der Waals surface area contributed by atoms with Crippen LogP contribution in [0.15, 0.2) is 17.5 Å². The molecule has 5 nitrogen and oxygen atoms in total. The van der Waals surface area contributed by atoms with Crippen LogP contribution in [0.4, 0.5) is 4.79 Å². The summed E-state index contributed by atoms with van der Waals surface area (Å²) in [6.45, 7) is 5.23. The minimum Gasteiger partial charge on any atom is -0.381 e. The first-order valence-corrected chi connectivity index (χ1v) is 9.08. The van der Waals surface area contributed by atoms with Crippen LogP contribution in [-0.2, 0) is 4.74 Å². The van der Waals surface area contributed by atoms with Gasteiger partial charge in [-0.05, 0) is 43.8 Å². The molecule has 2 aliphatic rings. The minimum absolute atomic E-state index is 0.0624. The molecule has 2 unspecified atom stereocenters. The first-order chi connectivity index (χ1) is 10.8. The standard InChI is InChI=1S/C16H25N3O2S/c20-16(17-10-13-5-8-21-12-13)18-11-14(15-4-3-9-22-15)19-6-1-2-7-19/h3-4,9,13-14H,1-2,5-8,10-12H2,(H2,17,18,20). The van der Waals surface area contributed by atoms with Gasteiger partial charge in [0.15, 0.2) is 0 Å². The number of ether oxygens (including phenoxy) is 1. The van der Waals surface area contributed by atoms with Crippen molar-refractivity contribution in [3.05, 3.63) is 22.4 Å². The van der Waals surface area contributed by atoms with Crippen molar-refractivity contribution in [2.75, 3.05) is 39.4 Å². The highest BCUT2D eigenvalue weighted by Crippen LogP contribution is 2.27. The van der Waals surface area contributed by atoms with Gasteiger partial charge in [0, 0.05) is 30.5 Å². The van der Waals surface area contributed by atoms with Crippen LogP contribution in [-0.4, -0.2) is 50.3 Å². The fourth-order valence-electron chi connectivity index (χ4n) is 3.18. The molecule has 3 rings (SSSR count). The van der Waals surface area contributed by atoms with Crippen LogP contribution in [0.5, 0.6) is 0 Å². The Bertz CT molecular complexity index is 454. The van der Waals surface area contributed by atoms with E-state index in [0.717, 1.165) is 32.7 Å². The molecule has 0 bridgehead atoms. The van der Waals surface area contributed by atoms with Crippen molar-refractivity contribution in [1.82, 2.24) is 15.5 Å². The van der Waals surface area contributed by atoms with Crippen LogP contribution >= 0.6 is 11.3 Å². The number of likely N-dealkylation sites (tertiary alicyclic amines) is 1. The first-order valence-electron chi connectivity index (χ1n) is 8.20. The third-order valence-electron chi connectivity index (χ3n) is 4.48. The van der Waals surface area contributed by atoms with E-state index in [1.807, 2.05) is 0 Å². The van der Waals surface area contributed by atoms with E-state index in [0.29, 0.717) is 25.0 Å². The highest BCUT2D eigenvalue weighted by atomic mass is 32.1. The molecule has 1 aromatic rings. The summed E-state index contributed by atoms with van der Waals surface area (Å²) in [5.74, 6) is 0.470. The Morgan fingerprint density at radius 1 is 1.41 bits per heavy atom. The molecular formula is C16H25N3O2S. The van der Waals surface area contributed by atoms with Crippen molar-refractivity contribution in [2.45, 2.75) is 25.3 Å². The molecule has 122 valence electrons. The maximum atomic E-state index is 12.0. The number of rotatable bonds is 6. The number of carbonyl (C=O) groups is 1. The third kappa shape index (κ3) is 4.21. The molecule has 0 saturated carbocycles. The van der Waals surface area contributed by atoms with Crippen LogP contribution in [0.1, 0.15) is 30.2 Å². The van der Waals surface area contributed by atoms with Crippen LogP contribution in [0.3, 0.4) is 0 Å². The Labute approximate surface area is 136 Å². The van der Waals surface area contributed by atoms with E-state index < -0.39 is 0 Å². The normalized spacial score (nSPS) is 23.5. The molecule has 1 aromatic heterocycles. The van der Waals surface area contributed by atoms with Gasteiger partial charge in [0.1, 0.15) is 0 Å². The number of hydrogen-bond acceptors (Lipinski definition) is 4. The number of urea groups is 1. The van der Waals surface area contributed by atoms with Gasteiger partial charge < -0.3 is 15.4 Å². The molecular weight excluding hydrogens is 298 g/mol. The molecule has 0 aliphatic carbocycles. The molecule has 2 atom stereocenters. The van der Waals surface area contributed by atoms with Crippen LogP contribution in [0, 0.1) is 5.92 Å². The van der Waals surface area contributed by atoms with Crippen molar-refractivity contribution in [3.63, 3.8) is 0 Å². The van der Waals surface area contributed by atoms with Gasteiger partial charge in [-0.15, -0.1) is 11.3 Å². The second-order valence-corrected chi connectivity index (χ2v) is 7.07. The van der Waals surface area contributed by atoms with Gasteiger partial charge in [-0.3, -0.25) is 4.90 Å². The highest BCUT2D eigenvalue weighted by Gasteiger charge is 2.24. The van der Waals surface area contributed by atoms with Crippen molar-refractivity contribution in [2.24, 2.45) is 5.92 Å². The summed E-state index contributed by atoms with van der Waals surface area (Å²) in [4.78, 5) is 15.8. The van der Waals surface area contributed by atoms with Crippen molar-refractivity contribution in [1.29, 1.82) is 0 Å². The molecule has 3 heterocycles. The van der Waals surface area contributed by atoms with Crippen LogP contribution in [0.2, 0.25) is 0 Å². The minimum atomic E-state index is -0.0624. The van der Waals surface area contributed by atoms with E-state index in [1.165, 1.54) is 17.7 Å². The number of nitrogens with zero attached hydrogens (tertiary/aromatic N) is 1. The lowest BCUT2D eigenvalue weighted by atomic mass is 10.1. The quantitative estimate of drug-likeness (QED) is 0.844. The monoisotopic (exact) mass is 323 g/mol. The molecule has 2 saturated heterocycles. The largest absolute Gasteiger partial charge is 0.381 e. The Morgan fingerprint density at radius 2 is 2.27 bits per heavy atom. The molecule has 2 N–H and O–H groups in total. The number of nitrogens with one attached hydrogen (secondary N) is 2. The smallest absolute Gasteiger partial charge is 0.314 e. The van der Waals surface area contributed by atoms with E-state index >= 15 is 0 Å². The van der Waals surface area contributed by atoms with E-state index in [9.17, 15) is 4.79 Å². The fraction of sp³-hybridized carbons (Fsp3) is 0.688. The van der Waals surface area contributed by atoms with Crippen LogP contribution < -0.4 is 10.6 Å². The predicted octanol–water partition coefficient (Wildman–Crippen LogP) is 2.22. The fourth-order valence-corrected chi connectivity index (χ4v) is 4.04. The lowest BCUT2D eigenvalue weighted by molar-refractivity contribution is 0.184. The topological polar surface area (TPSA) is 53.6 Å². The number of thiophene rings is 1. The number of carbonyl (C=O) groups excluding carboxylic acids is 1. The Morgan fingerprint density at radius 3 is 2.95 bits per heavy atom. The summed E-state index contributed by atoms with van der Waals surface area (Å²) in [7, 11) is 0. The maximum absolute atomic E-state index is 12.0. The summed E-state index contributed by atoms with van der Waals surface area (Å²) < 4.78 is 5.33. The van der Waals surface area contributed by atoms with Gasteiger partial charge in [0.25, 0.3) is 0 Å². The molecule has 0 radical (unpaired) electrons. The molecule has 2 aliphatic heterocycles. The van der Waals surface area contributed by atoms with Crippen LogP contribution in [0.25, 0.3) is 0 Å². The van der Waals surface area contributed by atoms with Gasteiger partial charge in [-0.1, -0.05) is 6.07 Å². The summed E-state index contributed by atoms with van der Waals surface area (Å²) in [6, 6.07) is 4.50. The van der Waals surface area contributed by atoms with E-state index in [2.05, 4.69) is 33.0 Å². The van der Waals surface area contributed by atoms with Gasteiger partial charge in [0.2, 0.25) is 0 Å². The molecule has 2 amide bonds. The molecule has 0 aromatic carbocycles. The number of amides is 2. The molecule has 22 heavy (non-hydrogen) atoms. The molecule has 0 spiro atoms. The second-order valence-electron chi connectivity index (χ2n) is 6.09.